The van der Waals surface area contributed by atoms with E-state index in [1.807, 2.05) is 0 Å². The number of halogens is 2. The monoisotopic (exact) mass is 229 g/mol. The number of alkyl halides is 2. The fourth-order valence-corrected chi connectivity index (χ4v) is 1.80. The summed E-state index contributed by atoms with van der Waals surface area (Å²) in [6, 6.07) is 0. The van der Waals surface area contributed by atoms with Crippen LogP contribution in [0, 0.1) is 12.8 Å². The molecule has 0 aliphatic heterocycles. The van der Waals surface area contributed by atoms with Gasteiger partial charge < -0.3 is 10.3 Å². The standard InChI is InChI=1S/C10H13F2N3O/c1-6-13-5-8(15-6)9(16)14-4-7-2-10(11,12)3-7/h5,7H,2-4H2,1H3,(H,13,15)(H,14,16). The van der Waals surface area contributed by atoms with E-state index >= 15 is 0 Å². The minimum absolute atomic E-state index is 0.108. The number of aromatic amines is 1. The molecule has 2 rings (SSSR count). The lowest BCUT2D eigenvalue weighted by atomic mass is 9.81. The molecular formula is C10H13F2N3O. The van der Waals surface area contributed by atoms with E-state index in [0.717, 1.165) is 0 Å². The predicted molar refractivity (Wildman–Crippen MR) is 53.3 cm³/mol. The van der Waals surface area contributed by atoms with Gasteiger partial charge in [-0.3, -0.25) is 4.79 Å². The Morgan fingerprint density at radius 3 is 2.88 bits per heavy atom. The Kier molecular flexibility index (Phi) is 2.65. The van der Waals surface area contributed by atoms with E-state index in [1.165, 1.54) is 6.20 Å². The average Bonchev–Trinajstić information content (AvgIpc) is 2.57. The van der Waals surface area contributed by atoms with Crippen molar-refractivity contribution in [1.29, 1.82) is 0 Å². The molecule has 0 aromatic carbocycles. The zero-order valence-corrected chi connectivity index (χ0v) is 8.89. The summed E-state index contributed by atoms with van der Waals surface area (Å²) < 4.78 is 25.0. The van der Waals surface area contributed by atoms with Crippen LogP contribution in [-0.4, -0.2) is 28.3 Å². The number of hydrogen-bond donors (Lipinski definition) is 2. The second kappa shape index (κ2) is 3.84. The quantitative estimate of drug-likeness (QED) is 0.825. The van der Waals surface area contributed by atoms with E-state index in [1.54, 1.807) is 6.92 Å². The summed E-state index contributed by atoms with van der Waals surface area (Å²) in [5.41, 5.74) is 0.364. The number of H-pyrrole nitrogens is 1. The third-order valence-electron chi connectivity index (χ3n) is 2.67. The lowest BCUT2D eigenvalue weighted by Gasteiger charge is -2.34. The molecule has 1 aromatic heterocycles. The van der Waals surface area contributed by atoms with Crippen molar-refractivity contribution in [1.82, 2.24) is 15.3 Å². The molecule has 1 aromatic rings. The van der Waals surface area contributed by atoms with E-state index in [9.17, 15) is 13.6 Å². The molecule has 0 unspecified atom stereocenters. The van der Waals surface area contributed by atoms with Crippen molar-refractivity contribution in [3.05, 3.63) is 17.7 Å². The minimum atomic E-state index is -2.53. The molecule has 4 nitrogen and oxygen atoms in total. The largest absolute Gasteiger partial charge is 0.350 e. The van der Waals surface area contributed by atoms with E-state index in [0.29, 0.717) is 18.1 Å². The fraction of sp³-hybridized carbons (Fsp3) is 0.600. The zero-order valence-electron chi connectivity index (χ0n) is 8.89. The number of amides is 1. The highest BCUT2D eigenvalue weighted by atomic mass is 19.3. The number of hydrogen-bond acceptors (Lipinski definition) is 2. The lowest BCUT2D eigenvalue weighted by Crippen LogP contribution is -2.42. The smallest absolute Gasteiger partial charge is 0.269 e. The van der Waals surface area contributed by atoms with Crippen molar-refractivity contribution in [3.63, 3.8) is 0 Å². The molecule has 0 radical (unpaired) electrons. The topological polar surface area (TPSA) is 57.8 Å². The first-order chi connectivity index (χ1) is 7.46. The third-order valence-corrected chi connectivity index (χ3v) is 2.67. The molecule has 88 valence electrons. The minimum Gasteiger partial charge on any atom is -0.350 e. The van der Waals surface area contributed by atoms with E-state index in [-0.39, 0.29) is 24.7 Å². The molecule has 1 fully saturated rings. The Labute approximate surface area is 91.5 Å². The Bertz CT molecular complexity index is 395. The number of aromatic nitrogens is 2. The van der Waals surface area contributed by atoms with Gasteiger partial charge in [-0.1, -0.05) is 0 Å². The van der Waals surface area contributed by atoms with Crippen LogP contribution < -0.4 is 5.32 Å². The number of nitrogens with zero attached hydrogens (tertiary/aromatic N) is 1. The molecule has 0 bridgehead atoms. The first-order valence-corrected chi connectivity index (χ1v) is 5.14. The molecule has 2 N–H and O–H groups in total. The molecule has 0 atom stereocenters. The van der Waals surface area contributed by atoms with Gasteiger partial charge in [0.05, 0.1) is 6.20 Å². The first kappa shape index (κ1) is 11.0. The maximum Gasteiger partial charge on any atom is 0.269 e. The van der Waals surface area contributed by atoms with Crippen molar-refractivity contribution < 1.29 is 13.6 Å². The summed E-state index contributed by atoms with van der Waals surface area (Å²) in [5, 5.41) is 2.61. The number of carbonyl (C=O) groups excluding carboxylic acids is 1. The second-order valence-corrected chi connectivity index (χ2v) is 4.22. The van der Waals surface area contributed by atoms with E-state index < -0.39 is 5.92 Å². The van der Waals surface area contributed by atoms with Gasteiger partial charge in [0.1, 0.15) is 11.5 Å². The van der Waals surface area contributed by atoms with Crippen LogP contribution in [0.1, 0.15) is 29.2 Å². The summed E-state index contributed by atoms with van der Waals surface area (Å²) in [6.07, 6.45) is 1.17. The number of imidazole rings is 1. The van der Waals surface area contributed by atoms with Crippen LogP contribution in [0.4, 0.5) is 8.78 Å². The van der Waals surface area contributed by atoms with Crippen molar-refractivity contribution in [2.45, 2.75) is 25.7 Å². The van der Waals surface area contributed by atoms with Crippen molar-refractivity contribution in [2.24, 2.45) is 5.92 Å². The molecule has 1 saturated carbocycles. The first-order valence-electron chi connectivity index (χ1n) is 5.14. The highest BCUT2D eigenvalue weighted by Gasteiger charge is 2.44. The van der Waals surface area contributed by atoms with Gasteiger partial charge >= 0.3 is 0 Å². The predicted octanol–water partition coefficient (Wildman–Crippen LogP) is 1.49. The Balaban J connectivity index is 1.77. The van der Waals surface area contributed by atoms with Crippen molar-refractivity contribution >= 4 is 5.91 Å². The molecule has 0 spiro atoms. The third kappa shape index (κ3) is 2.37. The Morgan fingerprint density at radius 2 is 2.38 bits per heavy atom. The van der Waals surface area contributed by atoms with E-state index in [2.05, 4.69) is 15.3 Å². The van der Waals surface area contributed by atoms with Gasteiger partial charge in [0.2, 0.25) is 5.92 Å². The van der Waals surface area contributed by atoms with Crippen molar-refractivity contribution in [2.75, 3.05) is 6.54 Å². The molecule has 6 heteroatoms. The van der Waals surface area contributed by atoms with E-state index in [4.69, 9.17) is 0 Å². The molecule has 16 heavy (non-hydrogen) atoms. The summed E-state index contributed by atoms with van der Waals surface area (Å²) in [6.45, 7) is 2.04. The van der Waals surface area contributed by atoms with Crippen LogP contribution in [0.3, 0.4) is 0 Å². The summed E-state index contributed by atoms with van der Waals surface area (Å²) in [4.78, 5) is 18.2. The highest BCUT2D eigenvalue weighted by Crippen LogP contribution is 2.41. The van der Waals surface area contributed by atoms with Gasteiger partial charge in [-0.25, -0.2) is 13.8 Å². The molecule has 1 amide bonds. The van der Waals surface area contributed by atoms with Crippen LogP contribution >= 0.6 is 0 Å². The Morgan fingerprint density at radius 1 is 1.69 bits per heavy atom. The Hall–Kier alpha value is -1.46. The normalized spacial score (nSPS) is 19.2. The van der Waals surface area contributed by atoms with Gasteiger partial charge in [0.25, 0.3) is 5.91 Å². The van der Waals surface area contributed by atoms with Gasteiger partial charge in [-0.15, -0.1) is 0 Å². The average molecular weight is 229 g/mol. The van der Waals surface area contributed by atoms with Gasteiger partial charge in [0, 0.05) is 19.4 Å². The number of nitrogens with one attached hydrogen (secondary N) is 2. The van der Waals surface area contributed by atoms with Crippen LogP contribution in [0.2, 0.25) is 0 Å². The van der Waals surface area contributed by atoms with Crippen LogP contribution in [-0.2, 0) is 0 Å². The number of carbonyl (C=O) groups is 1. The maximum absolute atomic E-state index is 12.5. The van der Waals surface area contributed by atoms with Crippen LogP contribution in [0.25, 0.3) is 0 Å². The van der Waals surface area contributed by atoms with Crippen LogP contribution in [0.15, 0.2) is 6.20 Å². The number of aryl methyl sites for hydroxylation is 1. The van der Waals surface area contributed by atoms with Gasteiger partial charge in [-0.2, -0.15) is 0 Å². The molecule has 1 heterocycles. The molecular weight excluding hydrogens is 216 g/mol. The highest BCUT2D eigenvalue weighted by molar-refractivity contribution is 5.92. The molecule has 1 aliphatic rings. The molecule has 0 saturated heterocycles. The van der Waals surface area contributed by atoms with Crippen molar-refractivity contribution in [3.8, 4) is 0 Å². The number of rotatable bonds is 3. The zero-order chi connectivity index (χ0) is 11.8. The summed E-state index contributed by atoms with van der Waals surface area (Å²) >= 11 is 0. The lowest BCUT2D eigenvalue weighted by molar-refractivity contribution is -0.108. The van der Waals surface area contributed by atoms with Gasteiger partial charge in [0.15, 0.2) is 0 Å². The summed E-state index contributed by atoms with van der Waals surface area (Å²) in [7, 11) is 0. The molecule has 1 aliphatic carbocycles. The SMILES string of the molecule is Cc1ncc(C(=O)NCC2CC(F)(F)C2)[nH]1. The summed E-state index contributed by atoms with van der Waals surface area (Å²) in [5.74, 6) is -2.28. The van der Waals surface area contributed by atoms with Gasteiger partial charge in [-0.05, 0) is 12.8 Å². The van der Waals surface area contributed by atoms with Crippen LogP contribution in [0.5, 0.6) is 0 Å². The fourth-order valence-electron chi connectivity index (χ4n) is 1.80. The maximum atomic E-state index is 12.5. The second-order valence-electron chi connectivity index (χ2n) is 4.22.